The van der Waals surface area contributed by atoms with Crippen LogP contribution in [-0.4, -0.2) is 29.7 Å². The van der Waals surface area contributed by atoms with E-state index >= 15 is 0 Å². The molecule has 0 N–H and O–H groups in total. The average Bonchev–Trinajstić information content (AvgIpc) is 2.40. The molecule has 0 aromatic heterocycles. The van der Waals surface area contributed by atoms with Gasteiger partial charge in [-0.05, 0) is 63.6 Å². The van der Waals surface area contributed by atoms with Gasteiger partial charge in [0.1, 0.15) is 11.4 Å². The lowest BCUT2D eigenvalue weighted by Crippen LogP contribution is -2.43. The standard InChI is InChI=1S/C17H24FNO2/c1-17(2,3)21-16(20)19-10-4-5-14(12-19)11-13-6-8-15(18)9-7-13/h6-9,14H,4-5,10-12H2,1-3H3/t14-/m0/s1. The Hall–Kier alpha value is -1.58. The molecule has 0 radical (unpaired) electrons. The molecule has 1 atom stereocenters. The first-order valence-corrected chi connectivity index (χ1v) is 7.56. The number of halogens is 1. The number of nitrogens with zero attached hydrogens (tertiary/aromatic N) is 1. The summed E-state index contributed by atoms with van der Waals surface area (Å²) in [5.74, 6) is 0.203. The molecule has 1 amide bonds. The molecule has 116 valence electrons. The summed E-state index contributed by atoms with van der Waals surface area (Å²) in [6.45, 7) is 7.11. The van der Waals surface area contributed by atoms with Crippen LogP contribution < -0.4 is 0 Å². The fourth-order valence-corrected chi connectivity index (χ4v) is 2.68. The zero-order valence-corrected chi connectivity index (χ0v) is 13.1. The first-order chi connectivity index (χ1) is 9.83. The van der Waals surface area contributed by atoms with E-state index in [1.54, 1.807) is 4.90 Å². The third kappa shape index (κ3) is 5.03. The van der Waals surface area contributed by atoms with Crippen molar-refractivity contribution in [2.24, 2.45) is 5.92 Å². The lowest BCUT2D eigenvalue weighted by atomic mass is 9.91. The van der Waals surface area contributed by atoms with Gasteiger partial charge in [0.15, 0.2) is 0 Å². The topological polar surface area (TPSA) is 29.5 Å². The largest absolute Gasteiger partial charge is 0.444 e. The first kappa shape index (κ1) is 15.8. The predicted octanol–water partition coefficient (Wildman–Crippen LogP) is 4.02. The highest BCUT2D eigenvalue weighted by atomic mass is 19.1. The van der Waals surface area contributed by atoms with E-state index in [4.69, 9.17) is 4.74 Å². The number of piperidine rings is 1. The Morgan fingerprint density at radius 1 is 1.33 bits per heavy atom. The SMILES string of the molecule is CC(C)(C)OC(=O)N1CCC[C@@H](Cc2ccc(F)cc2)C1. The van der Waals surface area contributed by atoms with Crippen LogP contribution in [0.2, 0.25) is 0 Å². The third-order valence-corrected chi connectivity index (χ3v) is 3.61. The van der Waals surface area contributed by atoms with E-state index in [-0.39, 0.29) is 11.9 Å². The number of benzene rings is 1. The number of hydrogen-bond donors (Lipinski definition) is 0. The Balaban J connectivity index is 1.91. The lowest BCUT2D eigenvalue weighted by Gasteiger charge is -2.34. The minimum Gasteiger partial charge on any atom is -0.444 e. The molecule has 1 aromatic rings. The molecule has 0 unspecified atom stereocenters. The maximum absolute atomic E-state index is 12.9. The molecule has 0 spiro atoms. The molecular formula is C17H24FNO2. The maximum atomic E-state index is 12.9. The zero-order chi connectivity index (χ0) is 15.5. The van der Waals surface area contributed by atoms with Crippen LogP contribution in [-0.2, 0) is 11.2 Å². The van der Waals surface area contributed by atoms with Crippen molar-refractivity contribution in [3.8, 4) is 0 Å². The van der Waals surface area contributed by atoms with Crippen molar-refractivity contribution < 1.29 is 13.9 Å². The summed E-state index contributed by atoms with van der Waals surface area (Å²) in [5, 5.41) is 0. The average molecular weight is 293 g/mol. The quantitative estimate of drug-likeness (QED) is 0.824. The summed E-state index contributed by atoms with van der Waals surface area (Å²) in [5.41, 5.74) is 0.661. The van der Waals surface area contributed by atoms with Crippen molar-refractivity contribution in [2.75, 3.05) is 13.1 Å². The molecule has 1 aromatic carbocycles. The van der Waals surface area contributed by atoms with Crippen LogP contribution >= 0.6 is 0 Å². The molecule has 21 heavy (non-hydrogen) atoms. The Labute approximate surface area is 126 Å². The first-order valence-electron chi connectivity index (χ1n) is 7.56. The highest BCUT2D eigenvalue weighted by Gasteiger charge is 2.27. The number of carbonyl (C=O) groups excluding carboxylic acids is 1. The smallest absolute Gasteiger partial charge is 0.410 e. The van der Waals surface area contributed by atoms with Gasteiger partial charge in [0.25, 0.3) is 0 Å². The maximum Gasteiger partial charge on any atom is 0.410 e. The molecule has 1 aliphatic rings. The summed E-state index contributed by atoms with van der Waals surface area (Å²) in [6, 6.07) is 6.62. The van der Waals surface area contributed by atoms with Crippen LogP contribution in [0.4, 0.5) is 9.18 Å². The zero-order valence-electron chi connectivity index (χ0n) is 13.1. The highest BCUT2D eigenvalue weighted by Crippen LogP contribution is 2.22. The van der Waals surface area contributed by atoms with Crippen molar-refractivity contribution in [1.29, 1.82) is 0 Å². The van der Waals surface area contributed by atoms with Crippen molar-refractivity contribution in [1.82, 2.24) is 4.90 Å². The molecule has 1 heterocycles. The third-order valence-electron chi connectivity index (χ3n) is 3.61. The highest BCUT2D eigenvalue weighted by molar-refractivity contribution is 5.68. The summed E-state index contributed by atoms with van der Waals surface area (Å²) in [4.78, 5) is 13.9. The fraction of sp³-hybridized carbons (Fsp3) is 0.588. The van der Waals surface area contributed by atoms with Crippen LogP contribution in [0.25, 0.3) is 0 Å². The van der Waals surface area contributed by atoms with E-state index < -0.39 is 5.60 Å². The molecule has 2 rings (SSSR count). The monoisotopic (exact) mass is 293 g/mol. The second kappa shape index (κ2) is 6.46. The summed E-state index contributed by atoms with van der Waals surface area (Å²) in [6.07, 6.45) is 2.73. The minimum absolute atomic E-state index is 0.210. The van der Waals surface area contributed by atoms with Gasteiger partial charge in [0.2, 0.25) is 0 Å². The Morgan fingerprint density at radius 3 is 2.62 bits per heavy atom. The van der Waals surface area contributed by atoms with Crippen molar-refractivity contribution >= 4 is 6.09 Å². The van der Waals surface area contributed by atoms with E-state index in [1.807, 2.05) is 32.9 Å². The fourth-order valence-electron chi connectivity index (χ4n) is 2.68. The van der Waals surface area contributed by atoms with E-state index in [0.29, 0.717) is 12.5 Å². The van der Waals surface area contributed by atoms with Gasteiger partial charge in [-0.25, -0.2) is 9.18 Å². The number of hydrogen-bond acceptors (Lipinski definition) is 2. The second-order valence-corrected chi connectivity index (χ2v) is 6.77. The van der Waals surface area contributed by atoms with E-state index in [9.17, 15) is 9.18 Å². The second-order valence-electron chi connectivity index (χ2n) is 6.77. The van der Waals surface area contributed by atoms with Crippen molar-refractivity contribution in [3.63, 3.8) is 0 Å². The van der Waals surface area contributed by atoms with Gasteiger partial charge < -0.3 is 9.64 Å². The van der Waals surface area contributed by atoms with Gasteiger partial charge in [-0.3, -0.25) is 0 Å². The molecule has 0 aliphatic carbocycles. The number of rotatable bonds is 2. The summed E-state index contributed by atoms with van der Waals surface area (Å²) in [7, 11) is 0. The lowest BCUT2D eigenvalue weighted by molar-refractivity contribution is 0.0166. The number of ether oxygens (including phenoxy) is 1. The summed E-state index contributed by atoms with van der Waals surface area (Å²) < 4.78 is 18.4. The Morgan fingerprint density at radius 2 is 2.00 bits per heavy atom. The predicted molar refractivity (Wildman–Crippen MR) is 80.6 cm³/mol. The molecule has 4 heteroatoms. The summed E-state index contributed by atoms with van der Waals surface area (Å²) >= 11 is 0. The number of carbonyl (C=O) groups is 1. The van der Waals surface area contributed by atoms with Crippen molar-refractivity contribution in [2.45, 2.75) is 45.6 Å². The van der Waals surface area contributed by atoms with Crippen LogP contribution in [0.1, 0.15) is 39.2 Å². The van der Waals surface area contributed by atoms with E-state index in [2.05, 4.69) is 0 Å². The minimum atomic E-state index is -0.457. The van der Waals surface area contributed by atoms with Gasteiger partial charge >= 0.3 is 6.09 Å². The molecule has 1 fully saturated rings. The molecular weight excluding hydrogens is 269 g/mol. The van der Waals surface area contributed by atoms with Crippen molar-refractivity contribution in [3.05, 3.63) is 35.6 Å². The van der Waals surface area contributed by atoms with Gasteiger partial charge in [0, 0.05) is 13.1 Å². The van der Waals surface area contributed by atoms with Gasteiger partial charge in [-0.2, -0.15) is 0 Å². The van der Waals surface area contributed by atoms with Crippen LogP contribution in [0.3, 0.4) is 0 Å². The molecule has 0 bridgehead atoms. The van der Waals surface area contributed by atoms with Gasteiger partial charge in [-0.15, -0.1) is 0 Å². The molecule has 1 aliphatic heterocycles. The van der Waals surface area contributed by atoms with Crippen LogP contribution in [0.5, 0.6) is 0 Å². The Kier molecular flexibility index (Phi) is 4.86. The number of amides is 1. The molecule has 1 saturated heterocycles. The molecule has 0 saturated carbocycles. The van der Waals surface area contributed by atoms with E-state index in [0.717, 1.165) is 31.4 Å². The van der Waals surface area contributed by atoms with Gasteiger partial charge in [-0.1, -0.05) is 12.1 Å². The molecule has 3 nitrogen and oxygen atoms in total. The normalized spacial score (nSPS) is 19.4. The number of likely N-dealkylation sites (tertiary alicyclic amines) is 1. The van der Waals surface area contributed by atoms with Crippen LogP contribution in [0.15, 0.2) is 24.3 Å². The van der Waals surface area contributed by atoms with Gasteiger partial charge in [0.05, 0.1) is 0 Å². The van der Waals surface area contributed by atoms with E-state index in [1.165, 1.54) is 12.1 Å². The Bertz CT molecular complexity index is 479. The van der Waals surface area contributed by atoms with Crippen LogP contribution in [0, 0.1) is 11.7 Å².